The maximum absolute atomic E-state index is 13.5. The summed E-state index contributed by atoms with van der Waals surface area (Å²) in [6, 6.07) is 7.59. The minimum Gasteiger partial charge on any atom is -0.494 e. The molecule has 1 aliphatic heterocycles. The Bertz CT molecular complexity index is 1130. The van der Waals surface area contributed by atoms with Gasteiger partial charge in [0.05, 0.1) is 16.9 Å². The fourth-order valence-corrected chi connectivity index (χ4v) is 5.16. The first-order chi connectivity index (χ1) is 14.5. The fraction of sp³-hybridized carbons (Fsp3) is 0.435. The molecule has 0 fully saturated rings. The van der Waals surface area contributed by atoms with Crippen LogP contribution in [0.25, 0.3) is 10.2 Å². The molecule has 0 N–H and O–H groups in total. The third kappa shape index (κ3) is 3.62. The normalized spacial score (nSPS) is 13.3. The topological polar surface area (TPSA) is 64.4 Å². The minimum atomic E-state index is -0.0797. The SMILES string of the molecule is CCCN(C(=O)c1sc2nc3n(c(=O)c2c1C)CCCC3)c1ccc(OCC)cc1. The molecule has 0 atom stereocenters. The number of carbonyl (C=O) groups is 1. The third-order valence-corrected chi connectivity index (χ3v) is 6.68. The molecule has 3 aromatic rings. The van der Waals surface area contributed by atoms with Gasteiger partial charge in [0.1, 0.15) is 16.4 Å². The second-order valence-corrected chi connectivity index (χ2v) is 8.56. The average Bonchev–Trinajstić information content (AvgIpc) is 3.09. The van der Waals surface area contributed by atoms with Crippen LogP contribution in [0.1, 0.15) is 54.2 Å². The van der Waals surface area contributed by atoms with E-state index in [-0.39, 0.29) is 11.5 Å². The lowest BCUT2D eigenvalue weighted by Crippen LogP contribution is -2.31. The van der Waals surface area contributed by atoms with Gasteiger partial charge in [0.15, 0.2) is 0 Å². The smallest absolute Gasteiger partial charge is 0.268 e. The highest BCUT2D eigenvalue weighted by molar-refractivity contribution is 7.20. The predicted octanol–water partition coefficient (Wildman–Crippen LogP) is 4.56. The van der Waals surface area contributed by atoms with Crippen molar-refractivity contribution in [2.24, 2.45) is 0 Å². The molecule has 7 heteroatoms. The molecule has 1 amide bonds. The van der Waals surface area contributed by atoms with Crippen LogP contribution < -0.4 is 15.2 Å². The van der Waals surface area contributed by atoms with Crippen molar-refractivity contribution in [3.63, 3.8) is 0 Å². The zero-order chi connectivity index (χ0) is 21.3. The van der Waals surface area contributed by atoms with Crippen LogP contribution in [-0.4, -0.2) is 28.6 Å². The summed E-state index contributed by atoms with van der Waals surface area (Å²) >= 11 is 1.34. The Kier molecular flexibility index (Phi) is 5.90. The number of thiophene rings is 1. The van der Waals surface area contributed by atoms with Crippen molar-refractivity contribution in [2.75, 3.05) is 18.1 Å². The summed E-state index contributed by atoms with van der Waals surface area (Å²) in [7, 11) is 0. The molecule has 3 heterocycles. The maximum Gasteiger partial charge on any atom is 0.268 e. The number of fused-ring (bicyclic) bond motifs is 2. The van der Waals surface area contributed by atoms with Crippen molar-refractivity contribution in [3.05, 3.63) is 50.9 Å². The first-order valence-corrected chi connectivity index (χ1v) is 11.4. The number of benzene rings is 1. The maximum atomic E-state index is 13.5. The third-order valence-electron chi connectivity index (χ3n) is 5.51. The van der Waals surface area contributed by atoms with Crippen molar-refractivity contribution >= 4 is 33.1 Å². The Labute approximate surface area is 180 Å². The Morgan fingerprint density at radius 1 is 1.23 bits per heavy atom. The van der Waals surface area contributed by atoms with Crippen LogP contribution in [0.5, 0.6) is 5.75 Å². The van der Waals surface area contributed by atoms with Crippen LogP contribution >= 0.6 is 11.3 Å². The summed E-state index contributed by atoms with van der Waals surface area (Å²) in [6.07, 6.45) is 3.70. The van der Waals surface area contributed by atoms with Gasteiger partial charge in [0.25, 0.3) is 11.5 Å². The van der Waals surface area contributed by atoms with Gasteiger partial charge in [-0.1, -0.05) is 6.92 Å². The zero-order valence-electron chi connectivity index (χ0n) is 17.7. The van der Waals surface area contributed by atoms with Gasteiger partial charge < -0.3 is 9.64 Å². The summed E-state index contributed by atoms with van der Waals surface area (Å²) in [5.74, 6) is 1.55. The standard InChI is InChI=1S/C23H27N3O3S/c1-4-13-25(16-9-11-17(12-10-16)29-5-2)23(28)20-15(3)19-21(30-20)24-18-8-6-7-14-26(18)22(19)27/h9-12H,4-8,13-14H2,1-3H3. The molecule has 0 aliphatic carbocycles. The van der Waals surface area contributed by atoms with Gasteiger partial charge in [-0.05, 0) is 62.9 Å². The highest BCUT2D eigenvalue weighted by Crippen LogP contribution is 2.31. The molecular formula is C23H27N3O3S. The van der Waals surface area contributed by atoms with Crippen molar-refractivity contribution in [2.45, 2.75) is 53.0 Å². The minimum absolute atomic E-state index is 0.00870. The first-order valence-electron chi connectivity index (χ1n) is 10.6. The van der Waals surface area contributed by atoms with Gasteiger partial charge >= 0.3 is 0 Å². The van der Waals surface area contributed by atoms with Crippen LogP contribution in [-0.2, 0) is 13.0 Å². The van der Waals surface area contributed by atoms with Crippen LogP contribution in [0.15, 0.2) is 29.1 Å². The van der Waals surface area contributed by atoms with Crippen LogP contribution in [0.2, 0.25) is 0 Å². The van der Waals surface area contributed by atoms with Gasteiger partial charge in [-0.25, -0.2) is 4.98 Å². The van der Waals surface area contributed by atoms with Crippen molar-refractivity contribution < 1.29 is 9.53 Å². The van der Waals surface area contributed by atoms with Gasteiger partial charge in [0, 0.05) is 25.2 Å². The van der Waals surface area contributed by atoms with E-state index in [0.29, 0.717) is 34.8 Å². The van der Waals surface area contributed by atoms with Gasteiger partial charge in [0.2, 0.25) is 0 Å². The summed E-state index contributed by atoms with van der Waals surface area (Å²) in [5.41, 5.74) is 1.56. The largest absolute Gasteiger partial charge is 0.494 e. The Morgan fingerprint density at radius 2 is 2.00 bits per heavy atom. The first kappa shape index (κ1) is 20.6. The number of aromatic nitrogens is 2. The average molecular weight is 426 g/mol. The number of rotatable bonds is 6. The molecule has 6 nitrogen and oxygen atoms in total. The lowest BCUT2D eigenvalue weighted by atomic mass is 10.1. The summed E-state index contributed by atoms with van der Waals surface area (Å²) in [5, 5.41) is 0.595. The van der Waals surface area contributed by atoms with Gasteiger partial charge in [-0.2, -0.15) is 0 Å². The van der Waals surface area contributed by atoms with Crippen molar-refractivity contribution in [1.82, 2.24) is 9.55 Å². The molecule has 0 bridgehead atoms. The summed E-state index contributed by atoms with van der Waals surface area (Å²) in [6.45, 7) is 7.78. The number of nitrogens with zero attached hydrogens (tertiary/aromatic N) is 3. The Balaban J connectivity index is 1.75. The summed E-state index contributed by atoms with van der Waals surface area (Å²) in [4.78, 5) is 34.4. The van der Waals surface area contributed by atoms with E-state index in [9.17, 15) is 9.59 Å². The van der Waals surface area contributed by atoms with Crippen molar-refractivity contribution in [3.8, 4) is 5.75 Å². The molecule has 0 radical (unpaired) electrons. The Morgan fingerprint density at radius 3 is 2.70 bits per heavy atom. The quantitative estimate of drug-likeness (QED) is 0.581. The number of hydrogen-bond acceptors (Lipinski definition) is 5. The molecule has 0 saturated carbocycles. The molecule has 30 heavy (non-hydrogen) atoms. The van der Waals surface area contributed by atoms with Gasteiger partial charge in [-0.3, -0.25) is 14.2 Å². The highest BCUT2D eigenvalue weighted by atomic mass is 32.1. The number of anilines is 1. The molecule has 2 aromatic heterocycles. The van der Waals surface area contributed by atoms with Crippen LogP contribution in [0, 0.1) is 6.92 Å². The molecular weight excluding hydrogens is 398 g/mol. The molecule has 0 spiro atoms. The number of hydrogen-bond donors (Lipinski definition) is 0. The van der Waals surface area contributed by atoms with E-state index in [2.05, 4.69) is 6.92 Å². The predicted molar refractivity (Wildman–Crippen MR) is 121 cm³/mol. The lowest BCUT2D eigenvalue weighted by Gasteiger charge is -2.22. The monoisotopic (exact) mass is 425 g/mol. The molecule has 158 valence electrons. The van der Waals surface area contributed by atoms with Crippen LogP contribution in [0.3, 0.4) is 0 Å². The molecule has 1 aliphatic rings. The summed E-state index contributed by atoms with van der Waals surface area (Å²) < 4.78 is 7.31. The second kappa shape index (κ2) is 8.60. The van der Waals surface area contributed by atoms with E-state index < -0.39 is 0 Å². The molecule has 1 aromatic carbocycles. The molecule has 0 saturated heterocycles. The number of carbonyl (C=O) groups excluding carboxylic acids is 1. The van der Waals surface area contributed by atoms with E-state index in [4.69, 9.17) is 9.72 Å². The number of amides is 1. The van der Waals surface area contributed by atoms with E-state index in [1.807, 2.05) is 38.1 Å². The number of aryl methyl sites for hydroxylation is 2. The van der Waals surface area contributed by atoms with Crippen molar-refractivity contribution in [1.29, 1.82) is 0 Å². The highest BCUT2D eigenvalue weighted by Gasteiger charge is 2.26. The second-order valence-electron chi connectivity index (χ2n) is 7.56. The molecule has 0 unspecified atom stereocenters. The lowest BCUT2D eigenvalue weighted by molar-refractivity contribution is 0.0990. The van der Waals surface area contributed by atoms with Crippen LogP contribution in [0.4, 0.5) is 5.69 Å². The zero-order valence-corrected chi connectivity index (χ0v) is 18.6. The van der Waals surface area contributed by atoms with E-state index in [0.717, 1.165) is 48.5 Å². The molecule has 4 rings (SSSR count). The van der Waals surface area contributed by atoms with E-state index in [1.54, 1.807) is 9.47 Å². The number of ether oxygens (including phenoxy) is 1. The fourth-order valence-electron chi connectivity index (χ4n) is 4.02. The van der Waals surface area contributed by atoms with E-state index >= 15 is 0 Å². The van der Waals surface area contributed by atoms with E-state index in [1.165, 1.54) is 11.3 Å². The van der Waals surface area contributed by atoms with Gasteiger partial charge in [-0.15, -0.1) is 11.3 Å². The Hall–Kier alpha value is -2.67.